The molecule has 1 amide bonds. The van der Waals surface area contributed by atoms with Crippen LogP contribution in [0.1, 0.15) is 15.9 Å². The van der Waals surface area contributed by atoms with E-state index in [1.807, 2.05) is 74.4 Å². The summed E-state index contributed by atoms with van der Waals surface area (Å²) >= 11 is 0. The Hall–Kier alpha value is -2.88. The molecule has 0 fully saturated rings. The molecule has 1 N–H and O–H groups in total. The molecule has 0 aliphatic rings. The molecule has 0 unspecified atom stereocenters. The number of anilines is 2. The summed E-state index contributed by atoms with van der Waals surface area (Å²) in [5, 5.41) is 3.97. The molecule has 3 aromatic rings. The molecule has 0 spiro atoms. The number of carbonyl (C=O) groups is 1. The molecule has 0 aliphatic carbocycles. The van der Waals surface area contributed by atoms with Gasteiger partial charge in [0.05, 0.1) is 11.2 Å². The number of pyridine rings is 1. The normalized spacial score (nSPS) is 10.6. The number of benzene rings is 2. The first-order valence-corrected chi connectivity index (χ1v) is 7.49. The van der Waals surface area contributed by atoms with E-state index in [1.165, 1.54) is 0 Å². The van der Waals surface area contributed by atoms with Crippen molar-refractivity contribution in [2.45, 2.75) is 6.92 Å². The van der Waals surface area contributed by atoms with Crippen molar-refractivity contribution in [1.82, 2.24) is 4.98 Å². The van der Waals surface area contributed by atoms with Crippen LogP contribution in [0, 0.1) is 6.92 Å². The van der Waals surface area contributed by atoms with Gasteiger partial charge in [-0.1, -0.05) is 18.2 Å². The topological polar surface area (TPSA) is 45.2 Å². The van der Waals surface area contributed by atoms with Crippen LogP contribution in [0.4, 0.5) is 11.4 Å². The standard InChI is InChI=1S/C19H19N3O/c1-13-12-15(9-10-17(13)22(2)3)19(23)21-16-8-4-6-14-7-5-11-20-18(14)16/h4-12H,1-3H3,(H,21,23). The number of aromatic nitrogens is 1. The Labute approximate surface area is 135 Å². The zero-order valence-electron chi connectivity index (χ0n) is 13.5. The fourth-order valence-corrected chi connectivity index (χ4v) is 2.70. The fraction of sp³-hybridized carbons (Fsp3) is 0.158. The molecule has 0 aliphatic heterocycles. The number of aryl methyl sites for hydroxylation is 1. The molecule has 116 valence electrons. The van der Waals surface area contributed by atoms with Gasteiger partial charge in [-0.15, -0.1) is 0 Å². The van der Waals surface area contributed by atoms with Gasteiger partial charge in [-0.05, 0) is 42.8 Å². The lowest BCUT2D eigenvalue weighted by atomic mass is 10.1. The molecule has 4 nitrogen and oxygen atoms in total. The van der Waals surface area contributed by atoms with Crippen LogP contribution >= 0.6 is 0 Å². The maximum absolute atomic E-state index is 12.5. The van der Waals surface area contributed by atoms with E-state index in [-0.39, 0.29) is 5.91 Å². The van der Waals surface area contributed by atoms with Crippen LogP contribution in [0.15, 0.2) is 54.7 Å². The zero-order chi connectivity index (χ0) is 16.4. The molecule has 3 rings (SSSR count). The number of rotatable bonds is 3. The van der Waals surface area contributed by atoms with Crippen LogP contribution in [-0.4, -0.2) is 25.0 Å². The van der Waals surface area contributed by atoms with Gasteiger partial charge in [0.2, 0.25) is 0 Å². The average Bonchev–Trinajstić information content (AvgIpc) is 2.54. The maximum Gasteiger partial charge on any atom is 0.255 e. The van der Waals surface area contributed by atoms with Gasteiger partial charge in [0.15, 0.2) is 0 Å². The second kappa shape index (κ2) is 6.08. The first-order chi connectivity index (χ1) is 11.1. The van der Waals surface area contributed by atoms with Crippen molar-refractivity contribution >= 4 is 28.2 Å². The van der Waals surface area contributed by atoms with Gasteiger partial charge in [-0.2, -0.15) is 0 Å². The van der Waals surface area contributed by atoms with Gasteiger partial charge in [0.25, 0.3) is 5.91 Å². The Morgan fingerprint density at radius 2 is 1.87 bits per heavy atom. The van der Waals surface area contributed by atoms with E-state index in [9.17, 15) is 4.79 Å². The largest absolute Gasteiger partial charge is 0.377 e. The molecular formula is C19H19N3O. The highest BCUT2D eigenvalue weighted by molar-refractivity contribution is 6.08. The molecule has 2 aromatic carbocycles. The van der Waals surface area contributed by atoms with E-state index in [0.29, 0.717) is 5.56 Å². The predicted molar refractivity (Wildman–Crippen MR) is 95.2 cm³/mol. The van der Waals surface area contributed by atoms with Crippen LogP contribution in [0.5, 0.6) is 0 Å². The molecule has 1 heterocycles. The van der Waals surface area contributed by atoms with Gasteiger partial charge in [0.1, 0.15) is 0 Å². The van der Waals surface area contributed by atoms with Crippen LogP contribution < -0.4 is 10.2 Å². The van der Waals surface area contributed by atoms with Gasteiger partial charge in [-0.25, -0.2) is 0 Å². The van der Waals surface area contributed by atoms with Crippen molar-refractivity contribution in [2.75, 3.05) is 24.3 Å². The Balaban J connectivity index is 1.91. The summed E-state index contributed by atoms with van der Waals surface area (Å²) in [7, 11) is 3.98. The predicted octanol–water partition coefficient (Wildman–Crippen LogP) is 3.86. The molecule has 0 saturated heterocycles. The molecule has 4 heteroatoms. The summed E-state index contributed by atoms with van der Waals surface area (Å²) in [6, 6.07) is 15.3. The summed E-state index contributed by atoms with van der Waals surface area (Å²) in [5.74, 6) is -0.128. The summed E-state index contributed by atoms with van der Waals surface area (Å²) in [6.07, 6.45) is 1.73. The van der Waals surface area contributed by atoms with Gasteiger partial charge < -0.3 is 10.2 Å². The van der Waals surface area contributed by atoms with Crippen molar-refractivity contribution in [2.24, 2.45) is 0 Å². The molecule has 23 heavy (non-hydrogen) atoms. The number of nitrogens with zero attached hydrogens (tertiary/aromatic N) is 2. The Bertz CT molecular complexity index is 866. The van der Waals surface area contributed by atoms with E-state index in [0.717, 1.165) is 27.8 Å². The van der Waals surface area contributed by atoms with Crippen molar-refractivity contribution in [3.05, 3.63) is 65.9 Å². The monoisotopic (exact) mass is 305 g/mol. The minimum atomic E-state index is -0.128. The maximum atomic E-state index is 12.5. The number of amides is 1. The molecule has 1 aromatic heterocycles. The van der Waals surface area contributed by atoms with Crippen molar-refractivity contribution < 1.29 is 4.79 Å². The number of hydrogen-bond donors (Lipinski definition) is 1. The highest BCUT2D eigenvalue weighted by Crippen LogP contribution is 2.23. The van der Waals surface area contributed by atoms with Crippen LogP contribution in [0.25, 0.3) is 10.9 Å². The Morgan fingerprint density at radius 3 is 2.61 bits per heavy atom. The summed E-state index contributed by atoms with van der Waals surface area (Å²) in [6.45, 7) is 2.01. The van der Waals surface area contributed by atoms with Gasteiger partial charge in [0, 0.05) is 36.9 Å². The zero-order valence-corrected chi connectivity index (χ0v) is 13.5. The summed E-state index contributed by atoms with van der Waals surface area (Å²) in [4.78, 5) is 18.9. The number of fused-ring (bicyclic) bond motifs is 1. The second-order valence-corrected chi connectivity index (χ2v) is 5.73. The van der Waals surface area contributed by atoms with Crippen LogP contribution in [0.3, 0.4) is 0 Å². The Kier molecular flexibility index (Phi) is 3.98. The lowest BCUT2D eigenvalue weighted by molar-refractivity contribution is 0.102. The molecular weight excluding hydrogens is 286 g/mol. The Morgan fingerprint density at radius 1 is 1.09 bits per heavy atom. The average molecular weight is 305 g/mol. The fourth-order valence-electron chi connectivity index (χ4n) is 2.70. The van der Waals surface area contributed by atoms with Crippen LogP contribution in [-0.2, 0) is 0 Å². The highest BCUT2D eigenvalue weighted by Gasteiger charge is 2.11. The molecule has 0 saturated carbocycles. The first-order valence-electron chi connectivity index (χ1n) is 7.49. The highest BCUT2D eigenvalue weighted by atomic mass is 16.1. The SMILES string of the molecule is Cc1cc(C(=O)Nc2cccc3cccnc23)ccc1N(C)C. The third-order valence-electron chi connectivity index (χ3n) is 3.82. The summed E-state index contributed by atoms with van der Waals surface area (Å²) in [5.41, 5.74) is 4.33. The number of hydrogen-bond acceptors (Lipinski definition) is 3. The number of nitrogens with one attached hydrogen (secondary N) is 1. The quantitative estimate of drug-likeness (QED) is 0.799. The van der Waals surface area contributed by atoms with Crippen molar-refractivity contribution in [3.63, 3.8) is 0 Å². The van der Waals surface area contributed by atoms with E-state index in [1.54, 1.807) is 6.20 Å². The number of para-hydroxylation sites is 1. The van der Waals surface area contributed by atoms with Crippen molar-refractivity contribution in [3.8, 4) is 0 Å². The molecule has 0 radical (unpaired) electrons. The van der Waals surface area contributed by atoms with E-state index >= 15 is 0 Å². The van der Waals surface area contributed by atoms with Gasteiger partial charge in [-0.3, -0.25) is 9.78 Å². The van der Waals surface area contributed by atoms with E-state index < -0.39 is 0 Å². The van der Waals surface area contributed by atoms with Crippen molar-refractivity contribution in [1.29, 1.82) is 0 Å². The minimum absolute atomic E-state index is 0.128. The van der Waals surface area contributed by atoms with Crippen LogP contribution in [0.2, 0.25) is 0 Å². The first kappa shape index (κ1) is 15.0. The lowest BCUT2D eigenvalue weighted by Crippen LogP contribution is -2.14. The van der Waals surface area contributed by atoms with Gasteiger partial charge >= 0.3 is 0 Å². The van der Waals surface area contributed by atoms with E-state index in [4.69, 9.17) is 0 Å². The lowest BCUT2D eigenvalue weighted by Gasteiger charge is -2.16. The molecule has 0 atom stereocenters. The molecule has 0 bridgehead atoms. The van der Waals surface area contributed by atoms with E-state index in [2.05, 4.69) is 10.3 Å². The smallest absolute Gasteiger partial charge is 0.255 e. The third-order valence-corrected chi connectivity index (χ3v) is 3.82. The minimum Gasteiger partial charge on any atom is -0.377 e. The number of carbonyl (C=O) groups excluding carboxylic acids is 1. The second-order valence-electron chi connectivity index (χ2n) is 5.73. The third kappa shape index (κ3) is 3.01. The summed E-state index contributed by atoms with van der Waals surface area (Å²) < 4.78 is 0.